The third-order valence-corrected chi connectivity index (χ3v) is 4.45. The Kier molecular flexibility index (Phi) is 4.26. The molecule has 2 aliphatic rings. The summed E-state index contributed by atoms with van der Waals surface area (Å²) < 4.78 is 0. The first-order valence-corrected chi connectivity index (χ1v) is 7.24. The van der Waals surface area contributed by atoms with E-state index in [1.165, 1.54) is 64.2 Å². The van der Waals surface area contributed by atoms with Crippen molar-refractivity contribution in [1.29, 1.82) is 0 Å². The second kappa shape index (κ2) is 5.70. The van der Waals surface area contributed by atoms with Crippen molar-refractivity contribution < 1.29 is 0 Å². The standard InChI is InChI=1S/C16H26/c1-2-3-12-16(15-10-6-7-11-15)13-8-4-5-9-14-16/h6,10-11H,2-5,7-9,12-14H2,1H3. The van der Waals surface area contributed by atoms with Crippen molar-refractivity contribution in [3.63, 3.8) is 0 Å². The Morgan fingerprint density at radius 1 is 1.12 bits per heavy atom. The lowest BCUT2D eigenvalue weighted by atomic mass is 9.71. The van der Waals surface area contributed by atoms with Crippen molar-refractivity contribution in [2.75, 3.05) is 0 Å². The van der Waals surface area contributed by atoms with Crippen LogP contribution in [0.1, 0.15) is 71.1 Å². The molecule has 0 N–H and O–H groups in total. The van der Waals surface area contributed by atoms with Crippen LogP contribution >= 0.6 is 0 Å². The highest BCUT2D eigenvalue weighted by molar-refractivity contribution is 5.32. The van der Waals surface area contributed by atoms with Gasteiger partial charge in [0.1, 0.15) is 0 Å². The van der Waals surface area contributed by atoms with Gasteiger partial charge in [0.15, 0.2) is 0 Å². The van der Waals surface area contributed by atoms with Crippen molar-refractivity contribution in [2.45, 2.75) is 71.1 Å². The van der Waals surface area contributed by atoms with E-state index in [2.05, 4.69) is 25.2 Å². The first-order chi connectivity index (χ1) is 7.87. The second-order valence-corrected chi connectivity index (χ2v) is 5.60. The molecule has 0 heterocycles. The molecule has 0 spiro atoms. The Labute approximate surface area is 101 Å². The molecule has 0 aromatic carbocycles. The lowest BCUT2D eigenvalue weighted by molar-refractivity contribution is 0.279. The molecule has 0 amide bonds. The van der Waals surface area contributed by atoms with Crippen molar-refractivity contribution in [3.05, 3.63) is 23.8 Å². The summed E-state index contributed by atoms with van der Waals surface area (Å²) in [5.74, 6) is 0. The van der Waals surface area contributed by atoms with Crippen LogP contribution in [0.25, 0.3) is 0 Å². The first-order valence-electron chi connectivity index (χ1n) is 7.24. The molecule has 0 unspecified atom stereocenters. The smallest absolute Gasteiger partial charge is 0.00501 e. The van der Waals surface area contributed by atoms with Gasteiger partial charge in [-0.15, -0.1) is 0 Å². The molecule has 0 radical (unpaired) electrons. The van der Waals surface area contributed by atoms with E-state index in [-0.39, 0.29) is 0 Å². The highest BCUT2D eigenvalue weighted by Crippen LogP contribution is 2.47. The molecule has 16 heavy (non-hydrogen) atoms. The highest BCUT2D eigenvalue weighted by atomic mass is 14.4. The van der Waals surface area contributed by atoms with Gasteiger partial charge in [-0.1, -0.05) is 63.7 Å². The largest absolute Gasteiger partial charge is 0.0804 e. The van der Waals surface area contributed by atoms with Crippen LogP contribution in [0, 0.1) is 5.41 Å². The average molecular weight is 218 g/mol. The minimum atomic E-state index is 0.569. The molecule has 1 fully saturated rings. The van der Waals surface area contributed by atoms with Crippen LogP contribution in [0.4, 0.5) is 0 Å². The maximum absolute atomic E-state index is 2.49. The number of unbranched alkanes of at least 4 members (excludes halogenated alkanes) is 1. The normalized spacial score (nSPS) is 24.2. The number of hydrogen-bond acceptors (Lipinski definition) is 0. The van der Waals surface area contributed by atoms with E-state index in [9.17, 15) is 0 Å². The monoisotopic (exact) mass is 218 g/mol. The number of rotatable bonds is 4. The van der Waals surface area contributed by atoms with Gasteiger partial charge in [-0.25, -0.2) is 0 Å². The van der Waals surface area contributed by atoms with Gasteiger partial charge in [0.05, 0.1) is 0 Å². The SMILES string of the molecule is CCCCC1(C2=CCC=C2)CCCCCC1. The van der Waals surface area contributed by atoms with Crippen molar-refractivity contribution in [2.24, 2.45) is 5.41 Å². The number of allylic oxidation sites excluding steroid dienone is 4. The van der Waals surface area contributed by atoms with E-state index in [0.717, 1.165) is 0 Å². The summed E-state index contributed by atoms with van der Waals surface area (Å²) in [5, 5.41) is 0. The topological polar surface area (TPSA) is 0 Å². The summed E-state index contributed by atoms with van der Waals surface area (Å²) in [6.45, 7) is 2.32. The van der Waals surface area contributed by atoms with Gasteiger partial charge in [0.25, 0.3) is 0 Å². The van der Waals surface area contributed by atoms with E-state index in [0.29, 0.717) is 5.41 Å². The first kappa shape index (κ1) is 12.0. The molecule has 1 saturated carbocycles. The molecule has 0 nitrogen and oxygen atoms in total. The summed E-state index contributed by atoms with van der Waals surface area (Å²) in [6.07, 6.45) is 21.3. The Morgan fingerprint density at radius 2 is 1.88 bits per heavy atom. The van der Waals surface area contributed by atoms with Crippen LogP contribution in [0.5, 0.6) is 0 Å². The molecule has 2 aliphatic carbocycles. The molecule has 90 valence electrons. The van der Waals surface area contributed by atoms with E-state index >= 15 is 0 Å². The average Bonchev–Trinajstić information content (AvgIpc) is 2.74. The Morgan fingerprint density at radius 3 is 2.44 bits per heavy atom. The Hall–Kier alpha value is -0.520. The van der Waals surface area contributed by atoms with Crippen LogP contribution in [0.3, 0.4) is 0 Å². The summed E-state index contributed by atoms with van der Waals surface area (Å²) in [7, 11) is 0. The molecule has 0 heteroatoms. The summed E-state index contributed by atoms with van der Waals surface area (Å²) in [5.41, 5.74) is 2.25. The lowest BCUT2D eigenvalue weighted by Gasteiger charge is -2.34. The fraction of sp³-hybridized carbons (Fsp3) is 0.750. The molecule has 0 saturated heterocycles. The predicted octanol–water partition coefficient (Wildman–Crippen LogP) is 5.40. The molecule has 0 aliphatic heterocycles. The minimum Gasteiger partial charge on any atom is -0.0804 e. The van der Waals surface area contributed by atoms with E-state index in [1.807, 2.05) is 0 Å². The molecule has 0 bridgehead atoms. The number of hydrogen-bond donors (Lipinski definition) is 0. The van der Waals surface area contributed by atoms with Crippen LogP contribution in [-0.2, 0) is 0 Å². The van der Waals surface area contributed by atoms with E-state index in [1.54, 1.807) is 5.57 Å². The van der Waals surface area contributed by atoms with Crippen LogP contribution < -0.4 is 0 Å². The Bertz CT molecular complexity index is 262. The van der Waals surface area contributed by atoms with Crippen LogP contribution in [0.2, 0.25) is 0 Å². The van der Waals surface area contributed by atoms with Gasteiger partial charge in [0, 0.05) is 0 Å². The molecule has 0 aromatic rings. The molecule has 0 aromatic heterocycles. The second-order valence-electron chi connectivity index (χ2n) is 5.60. The summed E-state index contributed by atoms with van der Waals surface area (Å²) in [4.78, 5) is 0. The summed E-state index contributed by atoms with van der Waals surface area (Å²) >= 11 is 0. The molecular formula is C16H26. The van der Waals surface area contributed by atoms with Crippen molar-refractivity contribution in [3.8, 4) is 0 Å². The third kappa shape index (κ3) is 2.59. The maximum atomic E-state index is 2.49. The molecule has 2 rings (SSSR count). The fourth-order valence-electron chi connectivity index (χ4n) is 3.45. The zero-order chi connectivity index (χ0) is 11.3. The van der Waals surface area contributed by atoms with Crippen LogP contribution in [0.15, 0.2) is 23.8 Å². The van der Waals surface area contributed by atoms with Gasteiger partial charge < -0.3 is 0 Å². The fourth-order valence-corrected chi connectivity index (χ4v) is 3.45. The molecular weight excluding hydrogens is 192 g/mol. The van der Waals surface area contributed by atoms with Crippen molar-refractivity contribution >= 4 is 0 Å². The molecule has 0 atom stereocenters. The van der Waals surface area contributed by atoms with E-state index in [4.69, 9.17) is 0 Å². The summed E-state index contributed by atoms with van der Waals surface area (Å²) in [6, 6.07) is 0. The lowest BCUT2D eigenvalue weighted by Crippen LogP contribution is -2.21. The predicted molar refractivity (Wildman–Crippen MR) is 71.5 cm³/mol. The zero-order valence-corrected chi connectivity index (χ0v) is 10.8. The van der Waals surface area contributed by atoms with Gasteiger partial charge in [-0.05, 0) is 36.7 Å². The quantitative estimate of drug-likeness (QED) is 0.554. The van der Waals surface area contributed by atoms with Crippen LogP contribution in [-0.4, -0.2) is 0 Å². The Balaban J connectivity index is 2.12. The minimum absolute atomic E-state index is 0.569. The van der Waals surface area contributed by atoms with Gasteiger partial charge in [0.2, 0.25) is 0 Å². The van der Waals surface area contributed by atoms with Gasteiger partial charge >= 0.3 is 0 Å². The zero-order valence-electron chi connectivity index (χ0n) is 10.8. The third-order valence-electron chi connectivity index (χ3n) is 4.45. The van der Waals surface area contributed by atoms with Gasteiger partial charge in [-0.3, -0.25) is 0 Å². The van der Waals surface area contributed by atoms with E-state index < -0.39 is 0 Å². The van der Waals surface area contributed by atoms with Crippen molar-refractivity contribution in [1.82, 2.24) is 0 Å². The maximum Gasteiger partial charge on any atom is -0.00501 e. The highest BCUT2D eigenvalue weighted by Gasteiger charge is 2.33. The van der Waals surface area contributed by atoms with Gasteiger partial charge in [-0.2, -0.15) is 0 Å².